The highest BCUT2D eigenvalue weighted by Crippen LogP contribution is 2.26. The van der Waals surface area contributed by atoms with Crippen LogP contribution in [0, 0.1) is 10.1 Å². The fraction of sp³-hybridized carbons (Fsp3) is 0.105. The van der Waals surface area contributed by atoms with Crippen LogP contribution < -0.4 is 10.1 Å². The van der Waals surface area contributed by atoms with E-state index in [-0.39, 0.29) is 16.3 Å². The summed E-state index contributed by atoms with van der Waals surface area (Å²) in [5.41, 5.74) is 1.67. The lowest BCUT2D eigenvalue weighted by molar-refractivity contribution is -0.384. The first kappa shape index (κ1) is 19.2. The van der Waals surface area contributed by atoms with E-state index in [1.54, 1.807) is 30.3 Å². The highest BCUT2D eigenvalue weighted by Gasteiger charge is 2.16. The maximum absolute atomic E-state index is 12.4. The molecule has 9 heteroatoms. The van der Waals surface area contributed by atoms with Crippen molar-refractivity contribution in [2.75, 3.05) is 11.9 Å². The number of nitrogens with zero attached hydrogens (tertiary/aromatic N) is 3. The Morgan fingerprint density at radius 2 is 2.00 bits per heavy atom. The van der Waals surface area contributed by atoms with Crippen molar-refractivity contribution >= 4 is 28.9 Å². The zero-order chi connectivity index (χ0) is 20.1. The quantitative estimate of drug-likeness (QED) is 0.488. The Balaban J connectivity index is 1.80. The number of hydrogen-bond donors (Lipinski definition) is 1. The first-order valence-electron chi connectivity index (χ1n) is 8.30. The van der Waals surface area contributed by atoms with Crippen LogP contribution in [0.3, 0.4) is 0 Å². The van der Waals surface area contributed by atoms with Crippen LogP contribution in [0.25, 0.3) is 11.3 Å². The van der Waals surface area contributed by atoms with Gasteiger partial charge in [-0.25, -0.2) is 0 Å². The van der Waals surface area contributed by atoms with Crippen molar-refractivity contribution in [2.45, 2.75) is 6.92 Å². The third-order valence-electron chi connectivity index (χ3n) is 3.75. The molecule has 0 aliphatic heterocycles. The molecule has 8 nitrogen and oxygen atoms in total. The maximum atomic E-state index is 12.4. The van der Waals surface area contributed by atoms with Crippen LogP contribution in [0.4, 0.5) is 11.4 Å². The number of anilines is 1. The number of carbonyl (C=O) groups is 1. The zero-order valence-electron chi connectivity index (χ0n) is 14.8. The standard InChI is InChI=1S/C19H15ClN4O4/c1-2-28-18-9-8-16(22-23-18)12-4-3-5-14(10-12)21-19(25)13-6-7-15(20)17(11-13)24(26)27/h3-11H,2H2,1H3,(H,21,25). The van der Waals surface area contributed by atoms with Gasteiger partial charge in [-0.3, -0.25) is 14.9 Å². The summed E-state index contributed by atoms with van der Waals surface area (Å²) in [6, 6.07) is 14.4. The molecule has 3 aromatic rings. The molecular formula is C19H15ClN4O4. The average molecular weight is 399 g/mol. The lowest BCUT2D eigenvalue weighted by Gasteiger charge is -2.08. The maximum Gasteiger partial charge on any atom is 0.288 e. The second-order valence-electron chi connectivity index (χ2n) is 5.65. The van der Waals surface area contributed by atoms with Gasteiger partial charge in [0, 0.05) is 28.9 Å². The summed E-state index contributed by atoms with van der Waals surface area (Å²) in [6.07, 6.45) is 0. The molecule has 1 amide bonds. The van der Waals surface area contributed by atoms with Crippen LogP contribution in [0.1, 0.15) is 17.3 Å². The minimum absolute atomic E-state index is 0.0300. The Labute approximate surface area is 165 Å². The first-order valence-corrected chi connectivity index (χ1v) is 8.68. The molecule has 0 unspecified atom stereocenters. The van der Waals surface area contributed by atoms with Crippen LogP contribution in [0.5, 0.6) is 5.88 Å². The minimum atomic E-state index is -0.635. The second-order valence-corrected chi connectivity index (χ2v) is 6.06. The molecule has 0 bridgehead atoms. The summed E-state index contributed by atoms with van der Waals surface area (Å²) in [6.45, 7) is 2.36. The lowest BCUT2D eigenvalue weighted by atomic mass is 10.1. The average Bonchev–Trinajstić information content (AvgIpc) is 2.69. The van der Waals surface area contributed by atoms with Gasteiger partial charge in [0.1, 0.15) is 5.02 Å². The molecular weight excluding hydrogens is 384 g/mol. The number of ether oxygens (including phenoxy) is 1. The number of rotatable bonds is 6. The second kappa shape index (κ2) is 8.45. The smallest absolute Gasteiger partial charge is 0.288 e. The summed E-state index contributed by atoms with van der Waals surface area (Å²) in [5.74, 6) is -0.0604. The molecule has 1 heterocycles. The van der Waals surface area contributed by atoms with E-state index in [2.05, 4.69) is 15.5 Å². The van der Waals surface area contributed by atoms with Crippen molar-refractivity contribution in [3.8, 4) is 17.1 Å². The number of aromatic nitrogens is 2. The highest BCUT2D eigenvalue weighted by atomic mass is 35.5. The predicted molar refractivity (Wildman–Crippen MR) is 105 cm³/mol. The number of hydrogen-bond acceptors (Lipinski definition) is 6. The summed E-state index contributed by atoms with van der Waals surface area (Å²) in [7, 11) is 0. The van der Waals surface area contributed by atoms with E-state index >= 15 is 0 Å². The summed E-state index contributed by atoms with van der Waals surface area (Å²) in [5, 5.41) is 21.8. The van der Waals surface area contributed by atoms with Gasteiger partial charge in [-0.15, -0.1) is 10.2 Å². The van der Waals surface area contributed by atoms with Gasteiger partial charge in [-0.1, -0.05) is 23.7 Å². The number of nitrogens with one attached hydrogen (secondary N) is 1. The van der Waals surface area contributed by atoms with Gasteiger partial charge in [-0.05, 0) is 37.3 Å². The van der Waals surface area contributed by atoms with Gasteiger partial charge in [0.2, 0.25) is 5.88 Å². The Bertz CT molecular complexity index is 1020. The van der Waals surface area contributed by atoms with E-state index in [1.165, 1.54) is 12.1 Å². The van der Waals surface area contributed by atoms with E-state index in [1.807, 2.05) is 13.0 Å². The summed E-state index contributed by atoms with van der Waals surface area (Å²) in [4.78, 5) is 22.8. The predicted octanol–water partition coefficient (Wildman–Crippen LogP) is 4.36. The van der Waals surface area contributed by atoms with Gasteiger partial charge in [0.15, 0.2) is 0 Å². The Morgan fingerprint density at radius 3 is 2.68 bits per heavy atom. The first-order chi connectivity index (χ1) is 13.5. The van der Waals surface area contributed by atoms with Gasteiger partial charge in [-0.2, -0.15) is 0 Å². The van der Waals surface area contributed by atoms with Crippen LogP contribution in [0.2, 0.25) is 5.02 Å². The van der Waals surface area contributed by atoms with Crippen LogP contribution in [-0.2, 0) is 0 Å². The lowest BCUT2D eigenvalue weighted by Crippen LogP contribution is -2.12. The number of nitro benzene ring substituents is 1. The van der Waals surface area contributed by atoms with Crippen molar-refractivity contribution in [3.63, 3.8) is 0 Å². The van der Waals surface area contributed by atoms with E-state index in [0.29, 0.717) is 23.9 Å². The highest BCUT2D eigenvalue weighted by molar-refractivity contribution is 6.32. The van der Waals surface area contributed by atoms with Crippen molar-refractivity contribution in [1.82, 2.24) is 10.2 Å². The molecule has 1 N–H and O–H groups in total. The number of benzene rings is 2. The minimum Gasteiger partial charge on any atom is -0.477 e. The Hall–Kier alpha value is -3.52. The molecule has 0 aliphatic carbocycles. The normalized spacial score (nSPS) is 10.4. The molecule has 3 rings (SSSR count). The molecule has 28 heavy (non-hydrogen) atoms. The Kier molecular flexibility index (Phi) is 5.81. The molecule has 0 fully saturated rings. The number of halogens is 1. The molecule has 1 aromatic heterocycles. The number of carbonyl (C=O) groups excluding carboxylic acids is 1. The molecule has 0 aliphatic rings. The van der Waals surface area contributed by atoms with E-state index < -0.39 is 10.8 Å². The van der Waals surface area contributed by atoms with Gasteiger partial charge in [0.25, 0.3) is 11.6 Å². The van der Waals surface area contributed by atoms with Crippen molar-refractivity contribution in [2.24, 2.45) is 0 Å². The monoisotopic (exact) mass is 398 g/mol. The van der Waals surface area contributed by atoms with Crippen LogP contribution in [-0.4, -0.2) is 27.6 Å². The molecule has 0 saturated heterocycles. The van der Waals surface area contributed by atoms with Crippen LogP contribution >= 0.6 is 11.6 Å². The van der Waals surface area contributed by atoms with Crippen LogP contribution in [0.15, 0.2) is 54.6 Å². The number of amides is 1. The topological polar surface area (TPSA) is 107 Å². The fourth-order valence-electron chi connectivity index (χ4n) is 2.45. The summed E-state index contributed by atoms with van der Waals surface area (Å²) < 4.78 is 5.27. The molecule has 2 aromatic carbocycles. The molecule has 0 atom stereocenters. The van der Waals surface area contributed by atoms with E-state index in [0.717, 1.165) is 11.6 Å². The third-order valence-corrected chi connectivity index (χ3v) is 4.07. The SMILES string of the molecule is CCOc1ccc(-c2cccc(NC(=O)c3ccc(Cl)c([N+](=O)[O-])c3)c2)nn1. The van der Waals surface area contributed by atoms with Gasteiger partial charge >= 0.3 is 0 Å². The largest absolute Gasteiger partial charge is 0.477 e. The van der Waals surface area contributed by atoms with Crippen molar-refractivity contribution in [1.29, 1.82) is 0 Å². The van der Waals surface area contributed by atoms with Gasteiger partial charge in [0.05, 0.1) is 17.2 Å². The molecule has 0 radical (unpaired) electrons. The van der Waals surface area contributed by atoms with E-state index in [4.69, 9.17) is 16.3 Å². The summed E-state index contributed by atoms with van der Waals surface area (Å²) >= 11 is 5.78. The molecule has 0 spiro atoms. The van der Waals surface area contributed by atoms with Crippen molar-refractivity contribution < 1.29 is 14.5 Å². The van der Waals surface area contributed by atoms with Crippen molar-refractivity contribution in [3.05, 3.63) is 75.3 Å². The molecule has 142 valence electrons. The zero-order valence-corrected chi connectivity index (χ0v) is 15.5. The van der Waals surface area contributed by atoms with E-state index in [9.17, 15) is 14.9 Å². The number of nitro groups is 1. The molecule has 0 saturated carbocycles. The Morgan fingerprint density at radius 1 is 1.18 bits per heavy atom. The third kappa shape index (κ3) is 4.41. The van der Waals surface area contributed by atoms with Gasteiger partial charge < -0.3 is 10.1 Å². The fourth-order valence-corrected chi connectivity index (χ4v) is 2.64.